The SMILES string of the molecule is NC(=O)C(c1ccc(C2CCNCC2)cc1)c1cc(-c2c[nH]c3ccccc23)c2nccn2n1. The molecule has 7 nitrogen and oxygen atoms in total. The van der Waals surface area contributed by atoms with Crippen LogP contribution in [0, 0.1) is 0 Å². The molecule has 0 aliphatic carbocycles. The van der Waals surface area contributed by atoms with Crippen LogP contribution in [0.3, 0.4) is 0 Å². The molecule has 0 bridgehead atoms. The number of carbonyl (C=O) groups is 1. The number of hydrogen-bond donors (Lipinski definition) is 3. The Kier molecular flexibility index (Phi) is 5.11. The van der Waals surface area contributed by atoms with E-state index in [2.05, 4.69) is 33.5 Å². The molecule has 170 valence electrons. The van der Waals surface area contributed by atoms with E-state index < -0.39 is 11.8 Å². The normalized spacial score (nSPS) is 15.6. The lowest BCUT2D eigenvalue weighted by atomic mass is 9.87. The number of primary amides is 1. The molecule has 2 aromatic carbocycles. The summed E-state index contributed by atoms with van der Waals surface area (Å²) < 4.78 is 1.73. The highest BCUT2D eigenvalue weighted by molar-refractivity contribution is 5.99. The van der Waals surface area contributed by atoms with Crippen molar-refractivity contribution in [1.29, 1.82) is 0 Å². The molecule has 1 atom stereocenters. The number of amides is 1. The van der Waals surface area contributed by atoms with Crippen LogP contribution in [0.25, 0.3) is 27.7 Å². The van der Waals surface area contributed by atoms with Crippen LogP contribution in [0.15, 0.2) is 73.2 Å². The van der Waals surface area contributed by atoms with Crippen LogP contribution in [0.1, 0.15) is 41.5 Å². The van der Waals surface area contributed by atoms with Crippen molar-refractivity contribution in [2.45, 2.75) is 24.7 Å². The molecular weight excluding hydrogens is 424 g/mol. The number of aromatic nitrogens is 4. The number of H-pyrrole nitrogens is 1. The molecule has 0 spiro atoms. The fourth-order valence-corrected chi connectivity index (χ4v) is 5.17. The summed E-state index contributed by atoms with van der Waals surface area (Å²) >= 11 is 0. The first kappa shape index (κ1) is 20.6. The number of piperidine rings is 1. The molecule has 5 aromatic rings. The minimum atomic E-state index is -0.655. The van der Waals surface area contributed by atoms with Crippen LogP contribution >= 0.6 is 0 Å². The molecule has 4 N–H and O–H groups in total. The molecular formula is C27H26N6O. The Morgan fingerprint density at radius 3 is 2.65 bits per heavy atom. The summed E-state index contributed by atoms with van der Waals surface area (Å²) in [5, 5.41) is 9.23. The summed E-state index contributed by atoms with van der Waals surface area (Å²) in [7, 11) is 0. The fraction of sp³-hybridized carbons (Fsp3) is 0.222. The first-order valence-corrected chi connectivity index (χ1v) is 11.7. The smallest absolute Gasteiger partial charge is 0.231 e. The van der Waals surface area contributed by atoms with E-state index in [1.807, 2.05) is 42.6 Å². The number of carbonyl (C=O) groups excluding carboxylic acids is 1. The minimum Gasteiger partial charge on any atom is -0.369 e. The molecule has 7 heteroatoms. The van der Waals surface area contributed by atoms with Crippen LogP contribution in [-0.2, 0) is 4.79 Å². The third kappa shape index (κ3) is 3.54. The van der Waals surface area contributed by atoms with E-state index in [0.717, 1.165) is 59.2 Å². The molecule has 0 radical (unpaired) electrons. The second-order valence-corrected chi connectivity index (χ2v) is 8.95. The van der Waals surface area contributed by atoms with Gasteiger partial charge in [0.15, 0.2) is 5.65 Å². The summed E-state index contributed by atoms with van der Waals surface area (Å²) in [6.45, 7) is 2.09. The predicted octanol–water partition coefficient (Wildman–Crippen LogP) is 3.96. The summed E-state index contributed by atoms with van der Waals surface area (Å²) in [6, 6.07) is 18.4. The molecule has 1 aliphatic rings. The highest BCUT2D eigenvalue weighted by Crippen LogP contribution is 2.34. The number of nitrogens with zero attached hydrogens (tertiary/aromatic N) is 3. The average Bonchev–Trinajstić information content (AvgIpc) is 3.52. The highest BCUT2D eigenvalue weighted by atomic mass is 16.1. The van der Waals surface area contributed by atoms with E-state index in [-0.39, 0.29) is 0 Å². The maximum absolute atomic E-state index is 12.7. The van der Waals surface area contributed by atoms with Crippen molar-refractivity contribution in [1.82, 2.24) is 24.9 Å². The van der Waals surface area contributed by atoms with Crippen LogP contribution < -0.4 is 11.1 Å². The van der Waals surface area contributed by atoms with Crippen LogP contribution in [0.5, 0.6) is 0 Å². The van der Waals surface area contributed by atoms with Crippen LogP contribution in [0.2, 0.25) is 0 Å². The quantitative estimate of drug-likeness (QED) is 0.377. The van der Waals surface area contributed by atoms with Gasteiger partial charge in [-0.2, -0.15) is 5.10 Å². The van der Waals surface area contributed by atoms with Gasteiger partial charge in [0.1, 0.15) is 5.92 Å². The van der Waals surface area contributed by atoms with Gasteiger partial charge in [-0.25, -0.2) is 9.50 Å². The molecule has 1 fully saturated rings. The average molecular weight is 451 g/mol. The van der Waals surface area contributed by atoms with Crippen molar-refractivity contribution in [3.05, 3.63) is 90.0 Å². The maximum atomic E-state index is 12.7. The zero-order valence-electron chi connectivity index (χ0n) is 18.7. The van der Waals surface area contributed by atoms with Crippen LogP contribution in [0.4, 0.5) is 0 Å². The lowest BCUT2D eigenvalue weighted by Gasteiger charge is -2.23. The van der Waals surface area contributed by atoms with Gasteiger partial charge in [-0.1, -0.05) is 42.5 Å². The van der Waals surface area contributed by atoms with Gasteiger partial charge in [0.25, 0.3) is 0 Å². The first-order valence-electron chi connectivity index (χ1n) is 11.7. The molecule has 4 heterocycles. The van der Waals surface area contributed by atoms with E-state index in [9.17, 15) is 4.79 Å². The monoisotopic (exact) mass is 450 g/mol. The molecule has 1 saturated heterocycles. The maximum Gasteiger partial charge on any atom is 0.231 e. The summed E-state index contributed by atoms with van der Waals surface area (Å²) in [5.74, 6) is -0.527. The third-order valence-electron chi connectivity index (χ3n) is 6.92. The largest absolute Gasteiger partial charge is 0.369 e. The topological polar surface area (TPSA) is 101 Å². The number of aromatic amines is 1. The van der Waals surface area contributed by atoms with Crippen molar-refractivity contribution in [2.24, 2.45) is 5.73 Å². The van der Waals surface area contributed by atoms with E-state index in [0.29, 0.717) is 11.6 Å². The zero-order chi connectivity index (χ0) is 23.1. The summed E-state index contributed by atoms with van der Waals surface area (Å²) in [6.07, 6.45) is 7.76. The Balaban J connectivity index is 1.45. The number of rotatable bonds is 5. The summed E-state index contributed by atoms with van der Waals surface area (Å²) in [5.41, 5.74) is 12.4. The van der Waals surface area contributed by atoms with Gasteiger partial charge in [0.05, 0.1) is 5.69 Å². The number of para-hydroxylation sites is 1. The van der Waals surface area contributed by atoms with Gasteiger partial charge in [-0.3, -0.25) is 4.79 Å². The van der Waals surface area contributed by atoms with Gasteiger partial charge >= 0.3 is 0 Å². The number of fused-ring (bicyclic) bond motifs is 2. The Labute approximate surface area is 197 Å². The second-order valence-electron chi connectivity index (χ2n) is 8.95. The van der Waals surface area contributed by atoms with E-state index in [1.165, 1.54) is 5.56 Å². The van der Waals surface area contributed by atoms with Crippen molar-refractivity contribution in [3.63, 3.8) is 0 Å². The highest BCUT2D eigenvalue weighted by Gasteiger charge is 2.25. The standard InChI is InChI=1S/C27H26N6O/c28-26(34)25(19-7-5-17(6-8-19)18-9-11-29-12-10-18)24-15-21(27-30-13-14-33(27)32-24)22-16-31-23-4-2-1-3-20(22)23/h1-8,13-16,18,25,29,31H,9-12H2,(H2,28,34). The van der Waals surface area contributed by atoms with Gasteiger partial charge in [0, 0.05) is 40.6 Å². The molecule has 6 rings (SSSR count). The zero-order valence-corrected chi connectivity index (χ0v) is 18.7. The van der Waals surface area contributed by atoms with Crippen LogP contribution in [-0.4, -0.2) is 38.6 Å². The molecule has 3 aromatic heterocycles. The van der Waals surface area contributed by atoms with Gasteiger partial charge in [-0.05, 0) is 55.1 Å². The molecule has 1 aliphatic heterocycles. The van der Waals surface area contributed by atoms with E-state index in [4.69, 9.17) is 10.8 Å². The van der Waals surface area contributed by atoms with Crippen molar-refractivity contribution < 1.29 is 4.79 Å². The fourth-order valence-electron chi connectivity index (χ4n) is 5.17. The predicted molar refractivity (Wildman–Crippen MR) is 133 cm³/mol. The second kappa shape index (κ2) is 8.43. The Hall–Kier alpha value is -3.97. The molecule has 34 heavy (non-hydrogen) atoms. The summed E-state index contributed by atoms with van der Waals surface area (Å²) in [4.78, 5) is 20.6. The van der Waals surface area contributed by atoms with Gasteiger partial charge < -0.3 is 16.0 Å². The number of imidazole rings is 1. The number of nitrogens with two attached hydrogens (primary N) is 1. The van der Waals surface area contributed by atoms with Crippen molar-refractivity contribution in [3.8, 4) is 11.1 Å². The van der Waals surface area contributed by atoms with Gasteiger partial charge in [-0.15, -0.1) is 0 Å². The van der Waals surface area contributed by atoms with E-state index >= 15 is 0 Å². The Morgan fingerprint density at radius 2 is 1.85 bits per heavy atom. The number of nitrogens with one attached hydrogen (secondary N) is 2. The first-order chi connectivity index (χ1) is 16.7. The third-order valence-corrected chi connectivity index (χ3v) is 6.92. The Morgan fingerprint density at radius 1 is 1.06 bits per heavy atom. The minimum absolute atomic E-state index is 0.425. The van der Waals surface area contributed by atoms with Crippen molar-refractivity contribution >= 4 is 22.5 Å². The lowest BCUT2D eigenvalue weighted by molar-refractivity contribution is -0.118. The van der Waals surface area contributed by atoms with Crippen molar-refractivity contribution in [2.75, 3.05) is 13.1 Å². The van der Waals surface area contributed by atoms with Gasteiger partial charge in [0.2, 0.25) is 5.91 Å². The lowest BCUT2D eigenvalue weighted by Crippen LogP contribution is -2.26. The number of hydrogen-bond acceptors (Lipinski definition) is 4. The molecule has 1 amide bonds. The number of benzene rings is 2. The molecule has 0 saturated carbocycles. The van der Waals surface area contributed by atoms with E-state index in [1.54, 1.807) is 16.9 Å². The Bertz CT molecular complexity index is 1480. The molecule has 1 unspecified atom stereocenters.